The van der Waals surface area contributed by atoms with E-state index in [9.17, 15) is 14.4 Å². The van der Waals surface area contributed by atoms with Crippen LogP contribution in [0.25, 0.3) is 0 Å². The Morgan fingerprint density at radius 2 is 1.56 bits per heavy atom. The van der Waals surface area contributed by atoms with Crippen molar-refractivity contribution in [3.63, 3.8) is 0 Å². The van der Waals surface area contributed by atoms with Crippen molar-refractivity contribution < 1.29 is 14.4 Å². The molecule has 1 aromatic heterocycles. The second kappa shape index (κ2) is 9.40. The zero-order valence-corrected chi connectivity index (χ0v) is 19.5. The van der Waals surface area contributed by atoms with Crippen molar-refractivity contribution in [3.8, 4) is 0 Å². The van der Waals surface area contributed by atoms with Crippen LogP contribution in [0.5, 0.6) is 0 Å². The fourth-order valence-electron chi connectivity index (χ4n) is 4.65. The molecule has 2 saturated heterocycles. The second-order valence-corrected chi connectivity index (χ2v) is 9.57. The van der Waals surface area contributed by atoms with Crippen molar-refractivity contribution in [3.05, 3.63) is 94.2 Å². The number of nitrogens with one attached hydrogen (secondary N) is 1. The minimum Gasteiger partial charge on any atom is -0.335 e. The SMILES string of the molecule is O=C(c1cccs1)N1CCN(CN2C(=O)N[C@](Cc3ccccc3)(c3ccccc3)C2=O)CC1. The van der Waals surface area contributed by atoms with Crippen LogP contribution in [0.2, 0.25) is 0 Å². The lowest BCUT2D eigenvalue weighted by molar-refractivity contribution is -0.133. The molecule has 8 heteroatoms. The Bertz CT molecular complexity index is 1160. The number of hydrogen-bond donors (Lipinski definition) is 1. The van der Waals surface area contributed by atoms with Crippen LogP contribution in [0.1, 0.15) is 20.8 Å². The molecule has 3 heterocycles. The molecule has 5 rings (SSSR count). The maximum atomic E-state index is 13.8. The van der Waals surface area contributed by atoms with Gasteiger partial charge in [0.1, 0.15) is 0 Å². The summed E-state index contributed by atoms with van der Waals surface area (Å²) in [6.07, 6.45) is 0.377. The molecule has 0 unspecified atom stereocenters. The summed E-state index contributed by atoms with van der Waals surface area (Å²) in [7, 11) is 0. The van der Waals surface area contributed by atoms with Crippen molar-refractivity contribution in [1.29, 1.82) is 0 Å². The molecule has 0 spiro atoms. The lowest BCUT2D eigenvalue weighted by Crippen LogP contribution is -2.53. The van der Waals surface area contributed by atoms with Crippen LogP contribution in [0.3, 0.4) is 0 Å². The number of rotatable bonds is 6. The van der Waals surface area contributed by atoms with Crippen LogP contribution in [-0.2, 0) is 16.8 Å². The third-order valence-corrected chi connectivity index (χ3v) is 7.35. The van der Waals surface area contributed by atoms with Crippen LogP contribution in [0, 0.1) is 0 Å². The molecule has 0 aliphatic carbocycles. The Hall–Kier alpha value is -3.49. The highest BCUT2D eigenvalue weighted by Gasteiger charge is 2.52. The highest BCUT2D eigenvalue weighted by molar-refractivity contribution is 7.12. The Labute approximate surface area is 202 Å². The number of carbonyl (C=O) groups excluding carboxylic acids is 3. The molecule has 0 radical (unpaired) electrons. The van der Waals surface area contributed by atoms with Gasteiger partial charge in [-0.3, -0.25) is 14.5 Å². The molecule has 1 N–H and O–H groups in total. The van der Waals surface area contributed by atoms with Crippen molar-refractivity contribution in [2.45, 2.75) is 12.0 Å². The molecule has 0 bridgehead atoms. The number of benzene rings is 2. The van der Waals surface area contributed by atoms with Crippen LogP contribution in [0.4, 0.5) is 4.79 Å². The minimum atomic E-state index is -1.14. The standard InChI is InChI=1S/C26H26N4O3S/c31-23(22-12-7-17-34-22)29-15-13-28(14-16-29)19-30-24(32)26(27-25(30)33,21-10-5-2-6-11-21)18-20-8-3-1-4-9-20/h1-12,17H,13-16,18-19H2,(H,27,33)/t26-/m1/s1. The van der Waals surface area contributed by atoms with E-state index < -0.39 is 5.54 Å². The highest BCUT2D eigenvalue weighted by atomic mass is 32.1. The summed E-state index contributed by atoms with van der Waals surface area (Å²) in [6.45, 7) is 2.54. The summed E-state index contributed by atoms with van der Waals surface area (Å²) in [5, 5.41) is 4.91. The molecule has 0 saturated carbocycles. The van der Waals surface area contributed by atoms with Crippen LogP contribution < -0.4 is 5.32 Å². The van der Waals surface area contributed by atoms with Crippen molar-refractivity contribution in [2.24, 2.45) is 0 Å². The van der Waals surface area contributed by atoms with Crippen LogP contribution in [-0.4, -0.2) is 65.4 Å². The smallest absolute Gasteiger partial charge is 0.326 e. The maximum absolute atomic E-state index is 13.8. The van der Waals surface area contributed by atoms with E-state index in [2.05, 4.69) is 10.2 Å². The van der Waals surface area contributed by atoms with Crippen molar-refractivity contribution in [2.75, 3.05) is 32.8 Å². The molecule has 2 aliphatic heterocycles. The minimum absolute atomic E-state index is 0.0376. The van der Waals surface area contributed by atoms with E-state index in [4.69, 9.17) is 0 Å². The quantitative estimate of drug-likeness (QED) is 0.557. The van der Waals surface area contributed by atoms with E-state index in [1.807, 2.05) is 83.1 Å². The Balaban J connectivity index is 1.31. The predicted molar refractivity (Wildman–Crippen MR) is 130 cm³/mol. The van der Waals surface area contributed by atoms with E-state index in [-0.39, 0.29) is 24.5 Å². The van der Waals surface area contributed by atoms with Gasteiger partial charge in [-0.25, -0.2) is 9.69 Å². The summed E-state index contributed by atoms with van der Waals surface area (Å²) in [4.78, 5) is 45.4. The van der Waals surface area contributed by atoms with Gasteiger partial charge >= 0.3 is 6.03 Å². The fraction of sp³-hybridized carbons (Fsp3) is 0.269. The van der Waals surface area contributed by atoms with Crippen LogP contribution in [0.15, 0.2) is 78.2 Å². The lowest BCUT2D eigenvalue weighted by atomic mass is 9.83. The van der Waals surface area contributed by atoms with Gasteiger partial charge < -0.3 is 10.2 Å². The number of thiophene rings is 1. The summed E-state index contributed by atoms with van der Waals surface area (Å²) >= 11 is 1.44. The average Bonchev–Trinajstić information content (AvgIpc) is 3.49. The first kappa shape index (κ1) is 22.3. The number of carbonyl (C=O) groups is 3. The van der Waals surface area contributed by atoms with Gasteiger partial charge in [0, 0.05) is 32.6 Å². The summed E-state index contributed by atoms with van der Waals surface area (Å²) < 4.78 is 0. The monoisotopic (exact) mass is 474 g/mol. The third kappa shape index (κ3) is 4.22. The van der Waals surface area contributed by atoms with E-state index in [1.165, 1.54) is 16.2 Å². The lowest BCUT2D eigenvalue weighted by Gasteiger charge is -2.36. The van der Waals surface area contributed by atoms with Gasteiger partial charge in [-0.05, 0) is 22.6 Å². The second-order valence-electron chi connectivity index (χ2n) is 8.63. The Morgan fingerprint density at radius 3 is 2.21 bits per heavy atom. The largest absolute Gasteiger partial charge is 0.335 e. The van der Waals surface area contributed by atoms with E-state index >= 15 is 0 Å². The van der Waals surface area contributed by atoms with Gasteiger partial charge in [-0.1, -0.05) is 66.7 Å². The van der Waals surface area contributed by atoms with Gasteiger partial charge in [0.2, 0.25) is 0 Å². The first-order valence-corrected chi connectivity index (χ1v) is 12.2. The molecule has 2 fully saturated rings. The van der Waals surface area contributed by atoms with E-state index in [0.717, 1.165) is 16.0 Å². The average molecular weight is 475 g/mol. The number of urea groups is 1. The van der Waals surface area contributed by atoms with Crippen molar-refractivity contribution >= 4 is 29.2 Å². The molecule has 7 nitrogen and oxygen atoms in total. The van der Waals surface area contributed by atoms with Gasteiger partial charge in [-0.15, -0.1) is 11.3 Å². The van der Waals surface area contributed by atoms with E-state index in [1.54, 1.807) is 0 Å². The number of hydrogen-bond acceptors (Lipinski definition) is 5. The number of amides is 4. The number of imide groups is 1. The van der Waals surface area contributed by atoms with Crippen LogP contribution >= 0.6 is 11.3 Å². The Kier molecular flexibility index (Phi) is 6.17. The number of piperazine rings is 1. The zero-order chi connectivity index (χ0) is 23.5. The summed E-state index contributed by atoms with van der Waals surface area (Å²) in [5.41, 5.74) is 0.602. The van der Waals surface area contributed by atoms with E-state index in [0.29, 0.717) is 32.6 Å². The number of nitrogens with zero attached hydrogens (tertiary/aromatic N) is 3. The highest BCUT2D eigenvalue weighted by Crippen LogP contribution is 2.33. The molecule has 174 valence electrons. The Morgan fingerprint density at radius 1 is 0.882 bits per heavy atom. The molecule has 4 amide bonds. The molecule has 1 atom stereocenters. The summed E-state index contributed by atoms with van der Waals surface area (Å²) in [5.74, 6) is -0.208. The molecule has 2 aliphatic rings. The topological polar surface area (TPSA) is 73.0 Å². The van der Waals surface area contributed by atoms with Crippen molar-refractivity contribution in [1.82, 2.24) is 20.0 Å². The van der Waals surface area contributed by atoms with Gasteiger partial charge in [-0.2, -0.15) is 0 Å². The molecular formula is C26H26N4O3S. The van der Waals surface area contributed by atoms with Gasteiger partial charge in [0.05, 0.1) is 11.5 Å². The van der Waals surface area contributed by atoms with Gasteiger partial charge in [0.25, 0.3) is 11.8 Å². The summed E-state index contributed by atoms with van der Waals surface area (Å²) in [6, 6.07) is 22.5. The molecule has 3 aromatic rings. The van der Waals surface area contributed by atoms with Gasteiger partial charge in [0.15, 0.2) is 5.54 Å². The molecule has 34 heavy (non-hydrogen) atoms. The normalized spacial score (nSPS) is 21.1. The first-order valence-electron chi connectivity index (χ1n) is 11.4. The zero-order valence-electron chi connectivity index (χ0n) is 18.7. The third-order valence-electron chi connectivity index (χ3n) is 6.49. The molecule has 2 aromatic carbocycles. The first-order chi connectivity index (χ1) is 16.6. The molecular weight excluding hydrogens is 448 g/mol. The predicted octanol–water partition coefficient (Wildman–Crippen LogP) is 3.15. The maximum Gasteiger partial charge on any atom is 0.326 e. The fourth-order valence-corrected chi connectivity index (χ4v) is 5.34.